The molecule has 0 aliphatic carbocycles. The minimum Gasteiger partial charge on any atom is -0.271 e. The highest BCUT2D eigenvalue weighted by Gasteiger charge is 2.26. The van der Waals surface area contributed by atoms with Crippen LogP contribution in [0.25, 0.3) is 0 Å². The van der Waals surface area contributed by atoms with Gasteiger partial charge in [-0.05, 0) is 36.4 Å². The Morgan fingerprint density at radius 2 is 2.30 bits per heavy atom. The van der Waals surface area contributed by atoms with Crippen LogP contribution in [0.4, 0.5) is 11.4 Å². The van der Waals surface area contributed by atoms with E-state index in [2.05, 4.69) is 10.3 Å². The van der Waals surface area contributed by atoms with Crippen LogP contribution >= 0.6 is 11.8 Å². The van der Waals surface area contributed by atoms with Crippen molar-refractivity contribution in [3.63, 3.8) is 0 Å². The van der Waals surface area contributed by atoms with Gasteiger partial charge in [-0.3, -0.25) is 9.62 Å². The lowest BCUT2D eigenvalue weighted by atomic mass is 10.1. The third-order valence-electron chi connectivity index (χ3n) is 2.90. The number of fused-ring (bicyclic) bond motifs is 1. The molecule has 1 aromatic rings. The summed E-state index contributed by atoms with van der Waals surface area (Å²) in [6.45, 7) is 0.465. The van der Waals surface area contributed by atoms with Crippen LogP contribution in [0.2, 0.25) is 0 Å². The highest BCUT2D eigenvalue weighted by Crippen LogP contribution is 2.33. The summed E-state index contributed by atoms with van der Waals surface area (Å²) in [5, 5.41) is 11.6. The van der Waals surface area contributed by atoms with Gasteiger partial charge in [0.25, 0.3) is 0 Å². The highest BCUT2D eigenvalue weighted by atomic mass is 32.2. The van der Waals surface area contributed by atoms with Crippen LogP contribution < -0.4 is 9.62 Å². The van der Waals surface area contributed by atoms with Crippen LogP contribution in [-0.4, -0.2) is 32.6 Å². The maximum Gasteiger partial charge on any atom is 0.232 e. The van der Waals surface area contributed by atoms with Crippen LogP contribution in [0, 0.1) is 11.5 Å². The van der Waals surface area contributed by atoms with Crippen LogP contribution in [0.1, 0.15) is 5.56 Å². The van der Waals surface area contributed by atoms with Crippen molar-refractivity contribution in [3.05, 3.63) is 23.8 Å². The maximum absolute atomic E-state index is 11.6. The zero-order valence-corrected chi connectivity index (χ0v) is 12.8. The average Bonchev–Trinajstić information content (AvgIpc) is 2.81. The molecule has 2 rings (SSSR count). The Kier molecular flexibility index (Phi) is 4.20. The monoisotopic (exact) mass is 310 g/mol. The number of amidine groups is 1. The molecule has 0 saturated heterocycles. The fourth-order valence-corrected chi connectivity index (χ4v) is 3.36. The van der Waals surface area contributed by atoms with Crippen molar-refractivity contribution >= 4 is 38.3 Å². The first kappa shape index (κ1) is 14.7. The minimum atomic E-state index is -3.23. The first-order valence-corrected chi connectivity index (χ1v) is 8.91. The molecule has 0 atom stereocenters. The Balaban J connectivity index is 2.34. The molecule has 106 valence electrons. The van der Waals surface area contributed by atoms with Crippen molar-refractivity contribution < 1.29 is 8.42 Å². The van der Waals surface area contributed by atoms with Gasteiger partial charge < -0.3 is 0 Å². The smallest absolute Gasteiger partial charge is 0.232 e. The molecule has 1 aliphatic rings. The molecule has 0 spiro atoms. The van der Waals surface area contributed by atoms with E-state index in [1.807, 2.05) is 18.5 Å². The molecule has 0 radical (unpaired) electrons. The van der Waals surface area contributed by atoms with Gasteiger partial charge in [-0.2, -0.15) is 5.26 Å². The van der Waals surface area contributed by atoms with Crippen LogP contribution in [0.3, 0.4) is 0 Å². The lowest BCUT2D eigenvalue weighted by Gasteiger charge is -2.16. The van der Waals surface area contributed by atoms with E-state index < -0.39 is 10.0 Å². The van der Waals surface area contributed by atoms with Crippen molar-refractivity contribution in [1.82, 2.24) is 5.32 Å². The van der Waals surface area contributed by atoms with Crippen molar-refractivity contribution in [3.8, 4) is 6.19 Å². The van der Waals surface area contributed by atoms with E-state index in [-0.39, 0.29) is 0 Å². The average molecular weight is 310 g/mol. The highest BCUT2D eigenvalue weighted by molar-refractivity contribution is 8.13. The van der Waals surface area contributed by atoms with Crippen molar-refractivity contribution in [2.75, 3.05) is 23.4 Å². The molecular weight excluding hydrogens is 296 g/mol. The van der Waals surface area contributed by atoms with E-state index in [9.17, 15) is 8.42 Å². The zero-order valence-electron chi connectivity index (χ0n) is 11.1. The van der Waals surface area contributed by atoms with Gasteiger partial charge >= 0.3 is 0 Å². The Morgan fingerprint density at radius 3 is 2.90 bits per heavy atom. The van der Waals surface area contributed by atoms with Gasteiger partial charge in [-0.25, -0.2) is 13.4 Å². The van der Waals surface area contributed by atoms with E-state index in [1.54, 1.807) is 12.1 Å². The van der Waals surface area contributed by atoms with E-state index >= 15 is 0 Å². The summed E-state index contributed by atoms with van der Waals surface area (Å²) >= 11 is 1.34. The summed E-state index contributed by atoms with van der Waals surface area (Å²) in [5.41, 5.74) is 2.37. The predicted molar refractivity (Wildman–Crippen MR) is 81.7 cm³/mol. The molecule has 1 aliphatic heterocycles. The number of nitrogens with zero attached hydrogens (tertiary/aromatic N) is 3. The third kappa shape index (κ3) is 3.05. The summed E-state index contributed by atoms with van der Waals surface area (Å²) in [5.74, 6) is 0. The largest absolute Gasteiger partial charge is 0.271 e. The van der Waals surface area contributed by atoms with Crippen molar-refractivity contribution in [2.24, 2.45) is 4.99 Å². The van der Waals surface area contributed by atoms with Crippen LogP contribution in [0.15, 0.2) is 23.2 Å². The zero-order chi connectivity index (χ0) is 14.8. The van der Waals surface area contributed by atoms with Crippen LogP contribution in [0.5, 0.6) is 0 Å². The number of nitriles is 1. The first-order chi connectivity index (χ1) is 9.45. The lowest BCUT2D eigenvalue weighted by molar-refractivity contribution is 0.598. The van der Waals surface area contributed by atoms with Gasteiger partial charge in [0.2, 0.25) is 10.0 Å². The van der Waals surface area contributed by atoms with Gasteiger partial charge in [0.1, 0.15) is 0 Å². The van der Waals surface area contributed by atoms with Gasteiger partial charge in [0.05, 0.1) is 17.6 Å². The topological polar surface area (TPSA) is 85.6 Å². The SMILES string of the molecule is CSC(=Nc1ccc2c(c1)CCN2S(C)(=O)=O)NC#N. The van der Waals surface area contributed by atoms with Gasteiger partial charge in [0.15, 0.2) is 11.4 Å². The summed E-state index contributed by atoms with van der Waals surface area (Å²) < 4.78 is 24.7. The normalized spacial score (nSPS) is 14.8. The molecule has 0 unspecified atom stereocenters. The van der Waals surface area contributed by atoms with Gasteiger partial charge in [-0.15, -0.1) is 0 Å². The Morgan fingerprint density at radius 1 is 1.55 bits per heavy atom. The number of benzene rings is 1. The number of anilines is 1. The second-order valence-electron chi connectivity index (χ2n) is 4.26. The molecule has 0 bridgehead atoms. The van der Waals surface area contributed by atoms with Gasteiger partial charge in [0, 0.05) is 6.54 Å². The number of thioether (sulfide) groups is 1. The van der Waals surface area contributed by atoms with E-state index in [0.717, 1.165) is 5.56 Å². The fraction of sp³-hybridized carbons (Fsp3) is 0.333. The number of hydrogen-bond donors (Lipinski definition) is 1. The third-order valence-corrected chi connectivity index (χ3v) is 4.66. The quantitative estimate of drug-likeness (QED) is 0.386. The second-order valence-corrected chi connectivity index (χ2v) is 6.96. The number of hydrogen-bond acceptors (Lipinski definition) is 5. The molecule has 6 nitrogen and oxygen atoms in total. The molecule has 0 amide bonds. The molecule has 1 aromatic carbocycles. The van der Waals surface area contributed by atoms with E-state index in [1.165, 1.54) is 22.3 Å². The van der Waals surface area contributed by atoms with Gasteiger partial charge in [-0.1, -0.05) is 11.8 Å². The van der Waals surface area contributed by atoms with Crippen LogP contribution in [-0.2, 0) is 16.4 Å². The maximum atomic E-state index is 11.6. The summed E-state index contributed by atoms with van der Waals surface area (Å²) in [6.07, 6.45) is 5.53. The first-order valence-electron chi connectivity index (χ1n) is 5.84. The minimum absolute atomic E-state index is 0.465. The molecule has 20 heavy (non-hydrogen) atoms. The number of nitrogens with one attached hydrogen (secondary N) is 1. The Labute approximate surface area is 122 Å². The van der Waals surface area contributed by atoms with E-state index in [0.29, 0.717) is 29.5 Å². The molecule has 0 aromatic heterocycles. The summed E-state index contributed by atoms with van der Waals surface area (Å²) in [6, 6.07) is 5.36. The number of sulfonamides is 1. The molecule has 8 heteroatoms. The van der Waals surface area contributed by atoms with Crippen molar-refractivity contribution in [2.45, 2.75) is 6.42 Å². The lowest BCUT2D eigenvalue weighted by Crippen LogP contribution is -2.27. The summed E-state index contributed by atoms with van der Waals surface area (Å²) in [7, 11) is -3.23. The number of aliphatic imine (C=N–C) groups is 1. The predicted octanol–water partition coefficient (Wildman–Crippen LogP) is 1.43. The fourth-order valence-electron chi connectivity index (χ4n) is 2.06. The second kappa shape index (κ2) is 5.73. The molecule has 0 saturated carbocycles. The molecular formula is C12H14N4O2S2. The summed E-state index contributed by atoms with van der Waals surface area (Å²) in [4.78, 5) is 4.31. The molecule has 0 fully saturated rings. The molecule has 1 heterocycles. The standard InChI is InChI=1S/C12H14N4O2S2/c1-19-12(14-8-13)15-10-3-4-11-9(7-10)5-6-16(11)20(2,17)18/h3-4,7H,5-6H2,1-2H3,(H,14,15). The molecule has 1 N–H and O–H groups in total. The Bertz CT molecular complexity index is 692. The number of rotatable bonds is 2. The Hall–Kier alpha value is -1.72. The van der Waals surface area contributed by atoms with E-state index in [4.69, 9.17) is 5.26 Å². The van der Waals surface area contributed by atoms with Crippen molar-refractivity contribution in [1.29, 1.82) is 5.26 Å².